The first-order valence-electron chi connectivity index (χ1n) is 13.3. The molecule has 2 aromatic rings. The Bertz CT molecular complexity index is 1080. The van der Waals surface area contributed by atoms with E-state index in [0.717, 1.165) is 56.4 Å². The normalized spacial score (nSPS) is 21.6. The number of nitrogens with one attached hydrogen (secondary N) is 2. The van der Waals surface area contributed by atoms with Gasteiger partial charge < -0.3 is 25.0 Å². The predicted octanol–water partition coefficient (Wildman–Crippen LogP) is 3.40. The van der Waals surface area contributed by atoms with Gasteiger partial charge in [0.25, 0.3) is 5.56 Å². The van der Waals surface area contributed by atoms with Crippen molar-refractivity contribution in [2.45, 2.75) is 64.0 Å². The lowest BCUT2D eigenvalue weighted by Crippen LogP contribution is -2.47. The Morgan fingerprint density at radius 3 is 2.57 bits per heavy atom. The Morgan fingerprint density at radius 2 is 1.83 bits per heavy atom. The van der Waals surface area contributed by atoms with Gasteiger partial charge in [-0.25, -0.2) is 0 Å². The molecule has 0 bridgehead atoms. The zero-order valence-corrected chi connectivity index (χ0v) is 20.8. The summed E-state index contributed by atoms with van der Waals surface area (Å²) in [6.07, 6.45) is 14.0. The third-order valence-corrected chi connectivity index (χ3v) is 7.90. The minimum Gasteiger partial charge on any atom is -0.370 e. The minimum absolute atomic E-state index is 0.154. The molecule has 0 radical (unpaired) electrons. The lowest BCUT2D eigenvalue weighted by atomic mass is 9.85. The summed E-state index contributed by atoms with van der Waals surface area (Å²) in [5.41, 5.74) is 2.47. The standard InChI is InChI=1S/C27H38N6O2/c1-20(27(35)30-23-14-25(18-28-17-23)31-10-2-3-11-31)33-13-9-24(15-26(33)34)32-12-5-8-22(19-32)29-16-21-6-4-7-21/h9,13-15,17-18,20-22,29H,2-8,10-12,16,19H2,1H3,(H,30,35)/t20?,22-/m1/s1. The van der Waals surface area contributed by atoms with E-state index in [1.165, 1.54) is 43.1 Å². The van der Waals surface area contributed by atoms with Crippen LogP contribution in [0, 0.1) is 5.92 Å². The van der Waals surface area contributed by atoms with Crippen molar-refractivity contribution in [2.75, 3.05) is 47.8 Å². The Morgan fingerprint density at radius 1 is 1.03 bits per heavy atom. The van der Waals surface area contributed by atoms with E-state index in [0.29, 0.717) is 11.7 Å². The molecule has 8 heteroatoms. The molecule has 2 atom stereocenters. The molecule has 4 heterocycles. The molecule has 1 unspecified atom stereocenters. The van der Waals surface area contributed by atoms with E-state index in [2.05, 4.69) is 25.4 Å². The number of carbonyl (C=O) groups is 1. The zero-order valence-electron chi connectivity index (χ0n) is 20.8. The third kappa shape index (κ3) is 5.69. The van der Waals surface area contributed by atoms with E-state index < -0.39 is 6.04 Å². The molecule has 0 spiro atoms. The van der Waals surface area contributed by atoms with Crippen molar-refractivity contribution in [3.63, 3.8) is 0 Å². The second-order valence-electron chi connectivity index (χ2n) is 10.4. The van der Waals surface area contributed by atoms with Crippen LogP contribution in [0.25, 0.3) is 0 Å². The summed E-state index contributed by atoms with van der Waals surface area (Å²) in [6, 6.07) is 5.45. The number of nitrogens with zero attached hydrogens (tertiary/aromatic N) is 4. The summed E-state index contributed by atoms with van der Waals surface area (Å²) in [5.74, 6) is 0.624. The Balaban J connectivity index is 1.20. The number of hydrogen-bond acceptors (Lipinski definition) is 6. The zero-order chi connectivity index (χ0) is 24.2. The maximum Gasteiger partial charge on any atom is 0.253 e. The van der Waals surface area contributed by atoms with E-state index >= 15 is 0 Å². The lowest BCUT2D eigenvalue weighted by Gasteiger charge is -2.36. The highest BCUT2D eigenvalue weighted by molar-refractivity contribution is 5.93. The quantitative estimate of drug-likeness (QED) is 0.605. The molecule has 3 aliphatic rings. The number of aromatic nitrogens is 2. The van der Waals surface area contributed by atoms with Crippen molar-refractivity contribution in [1.29, 1.82) is 0 Å². The molecule has 35 heavy (non-hydrogen) atoms. The minimum atomic E-state index is -0.620. The van der Waals surface area contributed by atoms with Crippen LogP contribution in [0.2, 0.25) is 0 Å². The van der Waals surface area contributed by atoms with E-state index in [1.54, 1.807) is 25.4 Å². The number of anilines is 3. The first kappa shape index (κ1) is 23.9. The molecule has 1 aliphatic carbocycles. The summed E-state index contributed by atoms with van der Waals surface area (Å²) in [4.78, 5) is 34.8. The van der Waals surface area contributed by atoms with Crippen molar-refractivity contribution in [3.05, 3.63) is 47.1 Å². The van der Waals surface area contributed by atoms with Gasteiger partial charge in [0.1, 0.15) is 6.04 Å². The Hall–Kier alpha value is -2.87. The molecule has 0 aromatic carbocycles. The van der Waals surface area contributed by atoms with Crippen molar-refractivity contribution >= 4 is 23.0 Å². The molecule has 2 N–H and O–H groups in total. The topological polar surface area (TPSA) is 82.5 Å². The molecular formula is C27H38N6O2. The van der Waals surface area contributed by atoms with Crippen LogP contribution in [0.1, 0.15) is 57.9 Å². The van der Waals surface area contributed by atoms with Gasteiger partial charge in [-0.3, -0.25) is 14.6 Å². The van der Waals surface area contributed by atoms with Crippen LogP contribution in [-0.2, 0) is 4.79 Å². The molecule has 188 valence electrons. The van der Waals surface area contributed by atoms with Crippen LogP contribution in [0.15, 0.2) is 41.6 Å². The van der Waals surface area contributed by atoms with Crippen LogP contribution in [-0.4, -0.2) is 54.2 Å². The monoisotopic (exact) mass is 478 g/mol. The van der Waals surface area contributed by atoms with Gasteiger partial charge in [-0.1, -0.05) is 6.42 Å². The third-order valence-electron chi connectivity index (χ3n) is 7.90. The van der Waals surface area contributed by atoms with Gasteiger partial charge in [0.2, 0.25) is 5.91 Å². The van der Waals surface area contributed by atoms with Crippen LogP contribution >= 0.6 is 0 Å². The average molecular weight is 479 g/mol. The number of piperidine rings is 1. The molecular weight excluding hydrogens is 440 g/mol. The van der Waals surface area contributed by atoms with Crippen LogP contribution in [0.3, 0.4) is 0 Å². The molecule has 2 saturated heterocycles. The maximum absolute atomic E-state index is 13.0. The SMILES string of the molecule is CC(C(=O)Nc1cncc(N2CCCC2)c1)n1ccc(N2CCC[C@@H](NCC3CCC3)C2)cc1=O. The van der Waals surface area contributed by atoms with E-state index in [4.69, 9.17) is 0 Å². The van der Waals surface area contributed by atoms with Crippen molar-refractivity contribution in [1.82, 2.24) is 14.9 Å². The van der Waals surface area contributed by atoms with Gasteiger partial charge in [0.15, 0.2) is 0 Å². The van der Waals surface area contributed by atoms with Gasteiger partial charge in [0, 0.05) is 50.2 Å². The summed E-state index contributed by atoms with van der Waals surface area (Å²) >= 11 is 0. The number of hydrogen-bond donors (Lipinski definition) is 2. The summed E-state index contributed by atoms with van der Waals surface area (Å²) in [5, 5.41) is 6.68. The summed E-state index contributed by atoms with van der Waals surface area (Å²) in [7, 11) is 0. The number of pyridine rings is 2. The molecule has 1 amide bonds. The van der Waals surface area contributed by atoms with E-state index in [9.17, 15) is 9.59 Å². The fourth-order valence-electron chi connectivity index (χ4n) is 5.42. The predicted molar refractivity (Wildman–Crippen MR) is 140 cm³/mol. The Kier molecular flexibility index (Phi) is 7.37. The molecule has 1 saturated carbocycles. The Labute approximate surface area is 207 Å². The van der Waals surface area contributed by atoms with Gasteiger partial charge in [-0.2, -0.15) is 0 Å². The maximum atomic E-state index is 13.0. The van der Waals surface area contributed by atoms with Gasteiger partial charge in [-0.15, -0.1) is 0 Å². The highest BCUT2D eigenvalue weighted by atomic mass is 16.2. The lowest BCUT2D eigenvalue weighted by molar-refractivity contribution is -0.118. The number of amides is 1. The second kappa shape index (κ2) is 10.8. The first-order valence-corrected chi connectivity index (χ1v) is 13.3. The molecule has 3 fully saturated rings. The van der Waals surface area contributed by atoms with Crippen LogP contribution in [0.5, 0.6) is 0 Å². The van der Waals surface area contributed by atoms with Crippen LogP contribution in [0.4, 0.5) is 17.1 Å². The largest absolute Gasteiger partial charge is 0.370 e. The van der Waals surface area contributed by atoms with Crippen molar-refractivity contribution in [3.8, 4) is 0 Å². The average Bonchev–Trinajstić information content (AvgIpc) is 3.38. The van der Waals surface area contributed by atoms with Crippen LogP contribution < -0.4 is 26.0 Å². The van der Waals surface area contributed by atoms with Crippen molar-refractivity contribution in [2.24, 2.45) is 5.92 Å². The summed E-state index contributed by atoms with van der Waals surface area (Å²) < 4.78 is 1.51. The fraction of sp³-hybridized carbons (Fsp3) is 0.593. The first-order chi connectivity index (χ1) is 17.1. The second-order valence-corrected chi connectivity index (χ2v) is 10.4. The highest BCUT2D eigenvalue weighted by Gasteiger charge is 2.24. The van der Waals surface area contributed by atoms with E-state index in [-0.39, 0.29) is 11.5 Å². The molecule has 2 aliphatic heterocycles. The summed E-state index contributed by atoms with van der Waals surface area (Å²) in [6.45, 7) is 6.80. The fourth-order valence-corrected chi connectivity index (χ4v) is 5.42. The highest BCUT2D eigenvalue weighted by Crippen LogP contribution is 2.26. The number of carbonyl (C=O) groups excluding carboxylic acids is 1. The molecule has 8 nitrogen and oxygen atoms in total. The van der Waals surface area contributed by atoms with E-state index in [1.807, 2.05) is 18.3 Å². The van der Waals surface area contributed by atoms with Crippen molar-refractivity contribution < 1.29 is 4.79 Å². The smallest absolute Gasteiger partial charge is 0.253 e. The van der Waals surface area contributed by atoms with Gasteiger partial charge >= 0.3 is 0 Å². The van der Waals surface area contributed by atoms with Gasteiger partial charge in [-0.05, 0) is 70.0 Å². The molecule has 2 aromatic heterocycles. The number of rotatable bonds is 8. The molecule has 5 rings (SSSR count). The van der Waals surface area contributed by atoms with Gasteiger partial charge in [0.05, 0.1) is 23.8 Å².